The van der Waals surface area contributed by atoms with Crippen molar-refractivity contribution in [3.8, 4) is 16.9 Å². The first-order valence-corrected chi connectivity index (χ1v) is 17.8. The number of aliphatic hydroxyl groups excluding tert-OH is 5. The SMILES string of the molecule is O=C1[C@H](CC[C@H](O)c2ccc(F)cc2)[C@@H](c2ccc(-c3ccc(O)cc3)cc2S(=O)(=O)CC2O[C@H](CO)[C@@H](O)[C@H](O)[C@H]2O)N1c1ccccc1. The fraction of sp³-hybridized carbons (Fsp3) is 0.324. The number of hydrogen-bond acceptors (Lipinski definition) is 10. The van der Waals surface area contributed by atoms with E-state index in [1.165, 1.54) is 47.4 Å². The first-order chi connectivity index (χ1) is 23.9. The van der Waals surface area contributed by atoms with Crippen LogP contribution in [0.3, 0.4) is 0 Å². The molecule has 264 valence electrons. The molecule has 8 atom stereocenters. The smallest absolute Gasteiger partial charge is 0.233 e. The maximum absolute atomic E-state index is 14.4. The quantitative estimate of drug-likeness (QED) is 0.127. The number of para-hydroxylation sites is 1. The summed E-state index contributed by atoms with van der Waals surface area (Å²) in [5.74, 6) is -2.32. The molecule has 0 aliphatic carbocycles. The zero-order valence-electron chi connectivity index (χ0n) is 26.7. The number of nitrogens with zero attached hydrogens (tertiary/aromatic N) is 1. The Morgan fingerprint density at radius 1 is 0.820 bits per heavy atom. The third-order valence-electron chi connectivity index (χ3n) is 9.50. The monoisotopic (exact) mass is 707 g/mol. The highest BCUT2D eigenvalue weighted by Crippen LogP contribution is 2.48. The van der Waals surface area contributed by atoms with E-state index in [4.69, 9.17) is 4.74 Å². The molecule has 4 aromatic rings. The third-order valence-corrected chi connectivity index (χ3v) is 11.3. The molecule has 0 bridgehead atoms. The number of phenolic OH excluding ortho intramolecular Hbond substituents is 1. The van der Waals surface area contributed by atoms with Crippen LogP contribution in [0.1, 0.15) is 36.1 Å². The summed E-state index contributed by atoms with van der Waals surface area (Å²) < 4.78 is 47.9. The number of β-lactam (4-membered cyclic amide) rings is 1. The number of rotatable bonds is 11. The van der Waals surface area contributed by atoms with E-state index >= 15 is 0 Å². The molecular formula is C37H38FNO10S. The minimum Gasteiger partial charge on any atom is -0.508 e. The van der Waals surface area contributed by atoms with Crippen molar-refractivity contribution < 1.29 is 53.0 Å². The average molecular weight is 708 g/mol. The van der Waals surface area contributed by atoms with Gasteiger partial charge in [0, 0.05) is 5.69 Å². The molecule has 6 rings (SSSR count). The van der Waals surface area contributed by atoms with Gasteiger partial charge in [0.25, 0.3) is 0 Å². The van der Waals surface area contributed by atoms with Crippen LogP contribution in [0.25, 0.3) is 11.1 Å². The van der Waals surface area contributed by atoms with Crippen molar-refractivity contribution >= 4 is 21.4 Å². The Balaban J connectivity index is 1.41. The van der Waals surface area contributed by atoms with Crippen LogP contribution >= 0.6 is 0 Å². The van der Waals surface area contributed by atoms with Crippen LogP contribution in [0.2, 0.25) is 0 Å². The lowest BCUT2D eigenvalue weighted by Gasteiger charge is -2.48. The van der Waals surface area contributed by atoms with Crippen molar-refractivity contribution in [3.05, 3.63) is 114 Å². The molecule has 11 nitrogen and oxygen atoms in total. The van der Waals surface area contributed by atoms with Crippen LogP contribution in [-0.4, -0.2) is 87.8 Å². The summed E-state index contributed by atoms with van der Waals surface area (Å²) in [7, 11) is -4.41. The number of sulfone groups is 1. The van der Waals surface area contributed by atoms with Crippen molar-refractivity contribution in [2.45, 2.75) is 60.4 Å². The summed E-state index contributed by atoms with van der Waals surface area (Å²) in [4.78, 5) is 15.1. The van der Waals surface area contributed by atoms with E-state index in [0.29, 0.717) is 22.4 Å². The number of carbonyl (C=O) groups excluding carboxylic acids is 1. The van der Waals surface area contributed by atoms with Crippen molar-refractivity contribution in [2.75, 3.05) is 17.3 Å². The molecule has 2 aliphatic heterocycles. The lowest BCUT2D eigenvalue weighted by atomic mass is 9.78. The van der Waals surface area contributed by atoms with E-state index in [-0.39, 0.29) is 35.0 Å². The molecule has 0 saturated carbocycles. The van der Waals surface area contributed by atoms with E-state index in [2.05, 4.69) is 0 Å². The van der Waals surface area contributed by atoms with Gasteiger partial charge in [0.1, 0.15) is 42.1 Å². The van der Waals surface area contributed by atoms with E-state index in [0.717, 1.165) is 0 Å². The van der Waals surface area contributed by atoms with Crippen LogP contribution < -0.4 is 4.90 Å². The predicted octanol–water partition coefficient (Wildman–Crippen LogP) is 3.03. The third kappa shape index (κ3) is 7.03. The number of ether oxygens (including phenoxy) is 1. The molecule has 1 amide bonds. The summed E-state index contributed by atoms with van der Waals surface area (Å²) in [6.45, 7) is -0.731. The van der Waals surface area contributed by atoms with E-state index in [9.17, 15) is 48.2 Å². The van der Waals surface area contributed by atoms with Crippen LogP contribution in [0, 0.1) is 11.7 Å². The van der Waals surface area contributed by atoms with E-state index < -0.39 is 76.6 Å². The van der Waals surface area contributed by atoms with Crippen molar-refractivity contribution in [1.29, 1.82) is 0 Å². The molecule has 0 radical (unpaired) electrons. The molecule has 2 aliphatic rings. The van der Waals surface area contributed by atoms with Gasteiger partial charge in [-0.15, -0.1) is 0 Å². The fourth-order valence-corrected chi connectivity index (χ4v) is 8.50. The standard InChI is InChI=1S/C37H38FNO10S/c38-24-11-6-22(7-12-24)29(42)17-16-28-33(39(37(28)46)25-4-2-1-3-5-25)27-15-10-23(21-8-13-26(41)14-9-21)18-32(27)50(47,48)20-31-35(44)36(45)34(43)30(19-40)49-31/h1-15,18,28-31,33-36,40-45H,16-17,19-20H2/t28-,29+,30-,31?,33-,34-,35+,36+/m1/s1. The normalized spacial score (nSPS) is 26.0. The number of anilines is 1. The number of phenols is 1. The molecule has 1 unspecified atom stereocenters. The highest BCUT2D eigenvalue weighted by atomic mass is 32.2. The average Bonchev–Trinajstić information content (AvgIpc) is 3.11. The fourth-order valence-electron chi connectivity index (χ4n) is 6.76. The van der Waals surface area contributed by atoms with Gasteiger partial charge < -0.3 is 40.3 Å². The van der Waals surface area contributed by atoms with Crippen LogP contribution in [-0.2, 0) is 19.4 Å². The highest BCUT2D eigenvalue weighted by Gasteiger charge is 2.51. The zero-order valence-corrected chi connectivity index (χ0v) is 27.6. The molecule has 6 N–H and O–H groups in total. The lowest BCUT2D eigenvalue weighted by Crippen LogP contribution is -2.60. The second-order valence-electron chi connectivity index (χ2n) is 12.7. The molecule has 2 saturated heterocycles. The van der Waals surface area contributed by atoms with Gasteiger partial charge in [-0.25, -0.2) is 12.8 Å². The van der Waals surface area contributed by atoms with Crippen LogP contribution in [0.4, 0.5) is 10.1 Å². The Labute approximate surface area is 288 Å². The number of aromatic hydroxyl groups is 1. The Hall–Kier alpha value is -4.21. The predicted molar refractivity (Wildman–Crippen MR) is 180 cm³/mol. The van der Waals surface area contributed by atoms with Crippen molar-refractivity contribution in [1.82, 2.24) is 0 Å². The number of halogens is 1. The molecule has 0 spiro atoms. The van der Waals surface area contributed by atoms with Crippen molar-refractivity contribution in [3.63, 3.8) is 0 Å². The maximum Gasteiger partial charge on any atom is 0.233 e. The minimum absolute atomic E-state index is 0.0120. The lowest BCUT2D eigenvalue weighted by molar-refractivity contribution is -0.223. The molecule has 4 aromatic carbocycles. The van der Waals surface area contributed by atoms with Gasteiger partial charge >= 0.3 is 0 Å². The highest BCUT2D eigenvalue weighted by molar-refractivity contribution is 7.91. The molecule has 50 heavy (non-hydrogen) atoms. The Morgan fingerprint density at radius 3 is 2.12 bits per heavy atom. The summed E-state index contributed by atoms with van der Waals surface area (Å²) >= 11 is 0. The summed E-state index contributed by atoms with van der Waals surface area (Å²) in [6, 6.07) is 24.2. The summed E-state index contributed by atoms with van der Waals surface area (Å²) in [5, 5.41) is 61.8. The van der Waals surface area contributed by atoms with Gasteiger partial charge in [-0.1, -0.05) is 54.6 Å². The molecule has 0 aromatic heterocycles. The molecule has 13 heteroatoms. The Bertz CT molecular complexity index is 1910. The van der Waals surface area contributed by atoms with Gasteiger partial charge in [0.15, 0.2) is 9.84 Å². The number of aliphatic hydroxyl groups is 5. The number of amides is 1. The maximum atomic E-state index is 14.4. The Morgan fingerprint density at radius 2 is 1.46 bits per heavy atom. The van der Waals surface area contributed by atoms with Gasteiger partial charge in [0.2, 0.25) is 5.91 Å². The first-order valence-electron chi connectivity index (χ1n) is 16.2. The van der Waals surface area contributed by atoms with Crippen LogP contribution in [0.5, 0.6) is 5.75 Å². The van der Waals surface area contributed by atoms with Crippen molar-refractivity contribution in [2.24, 2.45) is 5.92 Å². The second kappa shape index (κ2) is 14.6. The zero-order chi connectivity index (χ0) is 35.7. The Kier molecular flexibility index (Phi) is 10.4. The number of benzene rings is 4. The largest absolute Gasteiger partial charge is 0.508 e. The van der Waals surface area contributed by atoms with Crippen LogP contribution in [0.15, 0.2) is 102 Å². The van der Waals surface area contributed by atoms with Gasteiger partial charge in [-0.2, -0.15) is 0 Å². The second-order valence-corrected chi connectivity index (χ2v) is 14.7. The van der Waals surface area contributed by atoms with E-state index in [1.54, 1.807) is 54.6 Å². The molecular weight excluding hydrogens is 669 g/mol. The minimum atomic E-state index is -4.41. The van der Waals surface area contributed by atoms with Gasteiger partial charge in [-0.3, -0.25) is 4.79 Å². The van der Waals surface area contributed by atoms with Gasteiger partial charge in [0.05, 0.1) is 35.3 Å². The summed E-state index contributed by atoms with van der Waals surface area (Å²) in [6.07, 6.45) is -8.80. The number of carbonyl (C=O) groups is 1. The first kappa shape index (κ1) is 35.6. The molecule has 2 fully saturated rings. The summed E-state index contributed by atoms with van der Waals surface area (Å²) in [5.41, 5.74) is 2.32. The topological polar surface area (TPSA) is 185 Å². The molecule has 2 heterocycles. The van der Waals surface area contributed by atoms with E-state index in [1.807, 2.05) is 0 Å². The number of hydrogen-bond donors (Lipinski definition) is 6. The van der Waals surface area contributed by atoms with Gasteiger partial charge in [-0.05, 0) is 77.6 Å².